The van der Waals surface area contributed by atoms with Crippen LogP contribution >= 0.6 is 0 Å². The summed E-state index contributed by atoms with van der Waals surface area (Å²) in [7, 11) is 1.44. The molecule has 0 fully saturated rings. The number of benzene rings is 1. The number of fused-ring (bicyclic) bond motifs is 1. The van der Waals surface area contributed by atoms with Gasteiger partial charge in [-0.15, -0.1) is 0 Å². The van der Waals surface area contributed by atoms with Crippen LogP contribution in [0.2, 0.25) is 0 Å². The molecule has 2 amide bonds. The normalized spacial score (nSPS) is 18.2. The Labute approximate surface area is 99.2 Å². The van der Waals surface area contributed by atoms with E-state index in [1.54, 1.807) is 0 Å². The Hall–Kier alpha value is -1.88. The average molecular weight is 234 g/mol. The Bertz CT molecular complexity index is 445. The predicted molar refractivity (Wildman–Crippen MR) is 62.6 cm³/mol. The van der Waals surface area contributed by atoms with Crippen LogP contribution in [0.5, 0.6) is 0 Å². The molecule has 1 aromatic rings. The third kappa shape index (κ3) is 2.62. The summed E-state index contributed by atoms with van der Waals surface area (Å²) >= 11 is 0. The number of amides is 2. The number of methoxy groups -OCH3 is 1. The number of carbonyl (C=O) groups excluding carboxylic acids is 2. The zero-order valence-electron chi connectivity index (χ0n) is 9.53. The molecule has 0 bridgehead atoms. The largest absolute Gasteiger partial charge is 0.375 e. The first-order valence-corrected chi connectivity index (χ1v) is 5.38. The van der Waals surface area contributed by atoms with Gasteiger partial charge in [-0.3, -0.25) is 9.59 Å². The molecule has 1 heterocycles. The number of para-hydroxylation sites is 1. The molecule has 1 aliphatic heterocycles. The van der Waals surface area contributed by atoms with Crippen molar-refractivity contribution in [2.24, 2.45) is 0 Å². The van der Waals surface area contributed by atoms with Crippen LogP contribution in [-0.2, 0) is 20.7 Å². The van der Waals surface area contributed by atoms with Gasteiger partial charge in [0.15, 0.2) is 0 Å². The second kappa shape index (κ2) is 4.97. The number of hydrogen-bond acceptors (Lipinski definition) is 3. The van der Waals surface area contributed by atoms with Crippen molar-refractivity contribution in [2.45, 2.75) is 12.5 Å². The molecule has 5 heteroatoms. The molecule has 0 spiro atoms. The molecule has 1 unspecified atom stereocenters. The molecule has 0 aromatic heterocycles. The van der Waals surface area contributed by atoms with Crippen molar-refractivity contribution in [1.29, 1.82) is 0 Å². The van der Waals surface area contributed by atoms with Gasteiger partial charge >= 0.3 is 0 Å². The van der Waals surface area contributed by atoms with Gasteiger partial charge in [-0.05, 0) is 11.6 Å². The topological polar surface area (TPSA) is 67.4 Å². The standard InChI is InChI=1S/C12H14N2O3/c1-17-7-11(15)13-10-6-8-4-2-3-5-9(8)14-12(10)16/h2-5,10H,6-7H2,1H3,(H,13,15)(H,14,16). The molecule has 1 aromatic carbocycles. The van der Waals surface area contributed by atoms with Gasteiger partial charge in [-0.2, -0.15) is 0 Å². The molecular weight excluding hydrogens is 220 g/mol. The Balaban J connectivity index is 2.07. The van der Waals surface area contributed by atoms with Gasteiger partial charge in [-0.1, -0.05) is 18.2 Å². The van der Waals surface area contributed by atoms with E-state index in [0.29, 0.717) is 6.42 Å². The zero-order valence-corrected chi connectivity index (χ0v) is 9.53. The van der Waals surface area contributed by atoms with Crippen LogP contribution in [-0.4, -0.2) is 31.6 Å². The van der Waals surface area contributed by atoms with E-state index in [1.165, 1.54) is 7.11 Å². The van der Waals surface area contributed by atoms with Crippen LogP contribution < -0.4 is 10.6 Å². The molecule has 0 aliphatic carbocycles. The van der Waals surface area contributed by atoms with Gasteiger partial charge < -0.3 is 15.4 Å². The minimum Gasteiger partial charge on any atom is -0.375 e. The Morgan fingerprint density at radius 2 is 2.29 bits per heavy atom. The molecule has 1 aliphatic rings. The van der Waals surface area contributed by atoms with Crippen LogP contribution in [0, 0.1) is 0 Å². The second-order valence-corrected chi connectivity index (χ2v) is 3.90. The summed E-state index contributed by atoms with van der Waals surface area (Å²) in [4.78, 5) is 23.1. The Kier molecular flexibility index (Phi) is 3.39. The summed E-state index contributed by atoms with van der Waals surface area (Å²) < 4.78 is 4.71. The number of nitrogens with one attached hydrogen (secondary N) is 2. The van der Waals surface area contributed by atoms with Gasteiger partial charge in [0.2, 0.25) is 11.8 Å². The lowest BCUT2D eigenvalue weighted by atomic mass is 9.99. The molecule has 0 saturated heterocycles. The van der Waals surface area contributed by atoms with Crippen molar-refractivity contribution in [3.63, 3.8) is 0 Å². The molecule has 90 valence electrons. The molecular formula is C12H14N2O3. The van der Waals surface area contributed by atoms with E-state index >= 15 is 0 Å². The van der Waals surface area contributed by atoms with Crippen LogP contribution in [0.3, 0.4) is 0 Å². The molecule has 2 rings (SSSR count). The third-order valence-electron chi connectivity index (χ3n) is 2.63. The minimum atomic E-state index is -0.521. The van der Waals surface area contributed by atoms with Crippen molar-refractivity contribution in [3.8, 4) is 0 Å². The zero-order chi connectivity index (χ0) is 12.3. The molecule has 2 N–H and O–H groups in total. The third-order valence-corrected chi connectivity index (χ3v) is 2.63. The highest BCUT2D eigenvalue weighted by Gasteiger charge is 2.26. The van der Waals surface area contributed by atoms with E-state index in [1.807, 2.05) is 24.3 Å². The highest BCUT2D eigenvalue weighted by Crippen LogP contribution is 2.21. The van der Waals surface area contributed by atoms with Crippen molar-refractivity contribution < 1.29 is 14.3 Å². The quantitative estimate of drug-likeness (QED) is 0.791. The van der Waals surface area contributed by atoms with E-state index in [9.17, 15) is 9.59 Å². The fourth-order valence-electron chi connectivity index (χ4n) is 1.84. The van der Waals surface area contributed by atoms with Gasteiger partial charge in [-0.25, -0.2) is 0 Å². The first-order valence-electron chi connectivity index (χ1n) is 5.38. The van der Waals surface area contributed by atoms with Gasteiger partial charge in [0, 0.05) is 19.2 Å². The lowest BCUT2D eigenvalue weighted by Gasteiger charge is -2.25. The number of anilines is 1. The van der Waals surface area contributed by atoms with Crippen molar-refractivity contribution in [1.82, 2.24) is 5.32 Å². The summed E-state index contributed by atoms with van der Waals surface area (Å²) in [6, 6.07) is 7.03. The van der Waals surface area contributed by atoms with E-state index in [4.69, 9.17) is 4.74 Å². The van der Waals surface area contributed by atoms with Gasteiger partial charge in [0.25, 0.3) is 0 Å². The number of carbonyl (C=O) groups is 2. The predicted octanol–water partition coefficient (Wildman–Crippen LogP) is 0.312. The van der Waals surface area contributed by atoms with Crippen molar-refractivity contribution in [3.05, 3.63) is 29.8 Å². The van der Waals surface area contributed by atoms with Crippen LogP contribution in [0.1, 0.15) is 5.56 Å². The summed E-state index contributed by atoms with van der Waals surface area (Å²) in [5.41, 5.74) is 1.84. The summed E-state index contributed by atoms with van der Waals surface area (Å²) in [5.74, 6) is -0.472. The second-order valence-electron chi connectivity index (χ2n) is 3.90. The monoisotopic (exact) mass is 234 g/mol. The maximum Gasteiger partial charge on any atom is 0.247 e. The summed E-state index contributed by atoms with van der Waals surface area (Å²) in [6.45, 7) is -0.0363. The van der Waals surface area contributed by atoms with Gasteiger partial charge in [0.1, 0.15) is 12.6 Å². The Morgan fingerprint density at radius 1 is 1.53 bits per heavy atom. The summed E-state index contributed by atoms with van der Waals surface area (Å²) in [5, 5.41) is 5.40. The molecule has 17 heavy (non-hydrogen) atoms. The first kappa shape index (κ1) is 11.6. The average Bonchev–Trinajstić information content (AvgIpc) is 2.30. The molecule has 0 radical (unpaired) electrons. The lowest BCUT2D eigenvalue weighted by Crippen LogP contribution is -2.48. The maximum atomic E-state index is 11.7. The summed E-state index contributed by atoms with van der Waals surface area (Å²) in [6.07, 6.45) is 0.511. The fraction of sp³-hybridized carbons (Fsp3) is 0.333. The van der Waals surface area contributed by atoms with E-state index < -0.39 is 6.04 Å². The highest BCUT2D eigenvalue weighted by atomic mass is 16.5. The number of hydrogen-bond donors (Lipinski definition) is 2. The molecule has 5 nitrogen and oxygen atoms in total. The van der Waals surface area contributed by atoms with Crippen molar-refractivity contribution >= 4 is 17.5 Å². The lowest BCUT2D eigenvalue weighted by molar-refractivity contribution is -0.129. The first-order chi connectivity index (χ1) is 8.20. The van der Waals surface area contributed by atoms with E-state index in [2.05, 4.69) is 10.6 Å². The fourth-order valence-corrected chi connectivity index (χ4v) is 1.84. The van der Waals surface area contributed by atoms with Crippen LogP contribution in [0.25, 0.3) is 0 Å². The van der Waals surface area contributed by atoms with E-state index in [0.717, 1.165) is 11.3 Å². The minimum absolute atomic E-state index is 0.0363. The van der Waals surface area contributed by atoms with Gasteiger partial charge in [0.05, 0.1) is 0 Å². The number of rotatable bonds is 3. The SMILES string of the molecule is COCC(=O)NC1Cc2ccccc2NC1=O. The smallest absolute Gasteiger partial charge is 0.247 e. The highest BCUT2D eigenvalue weighted by molar-refractivity contribution is 6.00. The van der Waals surface area contributed by atoms with E-state index in [-0.39, 0.29) is 18.4 Å². The van der Waals surface area contributed by atoms with Crippen LogP contribution in [0.4, 0.5) is 5.69 Å². The molecule has 0 saturated carbocycles. The van der Waals surface area contributed by atoms with Crippen LogP contribution in [0.15, 0.2) is 24.3 Å². The Morgan fingerprint density at radius 3 is 3.06 bits per heavy atom. The van der Waals surface area contributed by atoms with Crippen molar-refractivity contribution in [2.75, 3.05) is 19.0 Å². The molecule has 1 atom stereocenters. The maximum absolute atomic E-state index is 11.7. The number of ether oxygens (including phenoxy) is 1.